The minimum absolute atomic E-state index is 0.323. The average molecular weight is 386 g/mol. The predicted molar refractivity (Wildman–Crippen MR) is 101 cm³/mol. The van der Waals surface area contributed by atoms with Crippen molar-refractivity contribution in [2.24, 2.45) is 4.99 Å². The van der Waals surface area contributed by atoms with E-state index in [-0.39, 0.29) is 0 Å². The van der Waals surface area contributed by atoms with Crippen LogP contribution < -0.4 is 10.6 Å². The summed E-state index contributed by atoms with van der Waals surface area (Å²) in [7, 11) is 1.71. The van der Waals surface area contributed by atoms with E-state index in [4.69, 9.17) is 4.74 Å². The summed E-state index contributed by atoms with van der Waals surface area (Å²) in [5, 5.41) is 6.46. The molecule has 8 heteroatoms. The highest BCUT2D eigenvalue weighted by Crippen LogP contribution is 2.29. The Morgan fingerprint density at radius 1 is 1.19 bits per heavy atom. The van der Waals surface area contributed by atoms with Gasteiger partial charge >= 0.3 is 6.18 Å². The molecule has 0 saturated heterocycles. The Kier molecular flexibility index (Phi) is 8.37. The zero-order valence-corrected chi connectivity index (χ0v) is 16.0. The number of hydrogen-bond donors (Lipinski definition) is 2. The number of nitrogens with one attached hydrogen (secondary N) is 2. The number of methoxy groups -OCH3 is 1. The average Bonchev–Trinajstić information content (AvgIpc) is 3.47. The van der Waals surface area contributed by atoms with Crippen molar-refractivity contribution in [3.63, 3.8) is 0 Å². The molecule has 0 amide bonds. The quantitative estimate of drug-likeness (QED) is 0.480. The molecule has 1 aliphatic rings. The van der Waals surface area contributed by atoms with Crippen molar-refractivity contribution in [3.05, 3.63) is 35.4 Å². The van der Waals surface area contributed by atoms with E-state index in [0.717, 1.165) is 50.5 Å². The van der Waals surface area contributed by atoms with Gasteiger partial charge in [-0.15, -0.1) is 0 Å². The fourth-order valence-corrected chi connectivity index (χ4v) is 2.75. The third-order valence-electron chi connectivity index (χ3n) is 4.38. The van der Waals surface area contributed by atoms with Gasteiger partial charge in [0, 0.05) is 39.3 Å². The number of alkyl halides is 3. The molecule has 0 radical (unpaired) electrons. The molecule has 0 unspecified atom stereocenters. The SMILES string of the molecule is CCNC(=NCc1ccc(C(F)(F)F)cc1)NCCN(CCOC)C1CC1. The van der Waals surface area contributed by atoms with Gasteiger partial charge < -0.3 is 15.4 Å². The Bertz CT molecular complexity index is 586. The molecule has 0 aliphatic heterocycles. The van der Waals surface area contributed by atoms with E-state index < -0.39 is 11.7 Å². The normalized spacial score (nSPS) is 15.3. The maximum Gasteiger partial charge on any atom is 0.416 e. The van der Waals surface area contributed by atoms with Gasteiger partial charge in [0.15, 0.2) is 5.96 Å². The maximum atomic E-state index is 12.6. The summed E-state index contributed by atoms with van der Waals surface area (Å²) in [6.45, 7) is 6.31. The Morgan fingerprint density at radius 3 is 2.44 bits per heavy atom. The van der Waals surface area contributed by atoms with E-state index in [1.165, 1.54) is 25.0 Å². The maximum absolute atomic E-state index is 12.6. The number of halogens is 3. The third kappa shape index (κ3) is 7.76. The molecule has 0 heterocycles. The van der Waals surface area contributed by atoms with Gasteiger partial charge in [0.05, 0.1) is 18.7 Å². The summed E-state index contributed by atoms with van der Waals surface area (Å²) in [4.78, 5) is 6.88. The second-order valence-electron chi connectivity index (χ2n) is 6.58. The van der Waals surface area contributed by atoms with Crippen LogP contribution >= 0.6 is 0 Å². The fraction of sp³-hybridized carbons (Fsp3) is 0.632. The van der Waals surface area contributed by atoms with E-state index in [1.54, 1.807) is 7.11 Å². The minimum atomic E-state index is -4.31. The molecule has 2 rings (SSSR count). The lowest BCUT2D eigenvalue weighted by Gasteiger charge is -2.22. The van der Waals surface area contributed by atoms with E-state index in [1.807, 2.05) is 6.92 Å². The van der Waals surface area contributed by atoms with Crippen molar-refractivity contribution in [2.75, 3.05) is 39.9 Å². The van der Waals surface area contributed by atoms with Crippen LogP contribution in [0.5, 0.6) is 0 Å². The number of rotatable bonds is 10. The van der Waals surface area contributed by atoms with Crippen LogP contribution in [-0.4, -0.2) is 56.8 Å². The van der Waals surface area contributed by atoms with E-state index in [9.17, 15) is 13.2 Å². The fourth-order valence-electron chi connectivity index (χ4n) is 2.75. The lowest BCUT2D eigenvalue weighted by molar-refractivity contribution is -0.137. The van der Waals surface area contributed by atoms with Crippen LogP contribution in [0.15, 0.2) is 29.3 Å². The molecule has 0 aromatic heterocycles. The first-order valence-corrected chi connectivity index (χ1v) is 9.35. The zero-order valence-electron chi connectivity index (χ0n) is 16.0. The summed E-state index contributed by atoms with van der Waals surface area (Å²) >= 11 is 0. The number of nitrogens with zero attached hydrogens (tertiary/aromatic N) is 2. The van der Waals surface area contributed by atoms with Crippen LogP contribution in [0.25, 0.3) is 0 Å². The Labute approximate surface area is 159 Å². The highest BCUT2D eigenvalue weighted by atomic mass is 19.4. The monoisotopic (exact) mass is 386 g/mol. The second-order valence-corrected chi connectivity index (χ2v) is 6.58. The number of guanidine groups is 1. The molecular formula is C19H29F3N4O. The summed E-state index contributed by atoms with van der Waals surface area (Å²) in [6, 6.07) is 5.78. The molecular weight excluding hydrogens is 357 g/mol. The topological polar surface area (TPSA) is 48.9 Å². The molecule has 0 bridgehead atoms. The van der Waals surface area contributed by atoms with E-state index in [2.05, 4.69) is 20.5 Å². The lowest BCUT2D eigenvalue weighted by atomic mass is 10.1. The van der Waals surface area contributed by atoms with Crippen molar-refractivity contribution in [1.29, 1.82) is 0 Å². The Morgan fingerprint density at radius 2 is 1.89 bits per heavy atom. The molecule has 152 valence electrons. The number of hydrogen-bond acceptors (Lipinski definition) is 3. The summed E-state index contributed by atoms with van der Waals surface area (Å²) < 4.78 is 43.0. The Hall–Kier alpha value is -1.80. The molecule has 1 fully saturated rings. The van der Waals surface area contributed by atoms with Crippen LogP contribution in [0.1, 0.15) is 30.9 Å². The van der Waals surface area contributed by atoms with Gasteiger partial charge in [-0.2, -0.15) is 13.2 Å². The molecule has 1 aromatic carbocycles. The molecule has 0 spiro atoms. The van der Waals surface area contributed by atoms with Crippen LogP contribution in [0.2, 0.25) is 0 Å². The Balaban J connectivity index is 1.84. The van der Waals surface area contributed by atoms with Crippen molar-refractivity contribution in [3.8, 4) is 0 Å². The smallest absolute Gasteiger partial charge is 0.383 e. The second kappa shape index (κ2) is 10.5. The summed E-state index contributed by atoms with van der Waals surface area (Å²) in [6.07, 6.45) is -1.83. The van der Waals surface area contributed by atoms with Crippen LogP contribution in [0.4, 0.5) is 13.2 Å². The van der Waals surface area contributed by atoms with Gasteiger partial charge in [-0.1, -0.05) is 12.1 Å². The highest BCUT2D eigenvalue weighted by molar-refractivity contribution is 5.79. The first-order valence-electron chi connectivity index (χ1n) is 9.35. The largest absolute Gasteiger partial charge is 0.416 e. The first kappa shape index (κ1) is 21.5. The molecule has 0 atom stereocenters. The molecule has 5 nitrogen and oxygen atoms in total. The van der Waals surface area contributed by atoms with Gasteiger partial charge in [0.2, 0.25) is 0 Å². The number of benzene rings is 1. The van der Waals surface area contributed by atoms with Crippen molar-refractivity contribution in [2.45, 2.75) is 38.5 Å². The number of aliphatic imine (C=N–C) groups is 1. The van der Waals surface area contributed by atoms with E-state index in [0.29, 0.717) is 18.5 Å². The molecule has 2 N–H and O–H groups in total. The predicted octanol–water partition coefficient (Wildman–Crippen LogP) is 2.87. The van der Waals surface area contributed by atoms with Gasteiger partial charge in [0.25, 0.3) is 0 Å². The molecule has 1 aromatic rings. The van der Waals surface area contributed by atoms with Crippen molar-refractivity contribution < 1.29 is 17.9 Å². The summed E-state index contributed by atoms with van der Waals surface area (Å²) in [5.74, 6) is 0.667. The lowest BCUT2D eigenvalue weighted by Crippen LogP contribution is -2.42. The van der Waals surface area contributed by atoms with Crippen LogP contribution in [0, 0.1) is 0 Å². The standard InChI is InChI=1S/C19H29F3N4O/c1-3-23-18(24-10-11-26(12-13-27-2)17-8-9-17)25-14-15-4-6-16(7-5-15)19(20,21)22/h4-7,17H,3,8-14H2,1-2H3,(H2,23,24,25). The van der Waals surface area contributed by atoms with Crippen molar-refractivity contribution in [1.82, 2.24) is 15.5 Å². The number of ether oxygens (including phenoxy) is 1. The zero-order chi connectivity index (χ0) is 19.7. The van der Waals surface area contributed by atoms with Crippen molar-refractivity contribution >= 4 is 5.96 Å². The van der Waals surface area contributed by atoms with Crippen LogP contribution in [0.3, 0.4) is 0 Å². The van der Waals surface area contributed by atoms with Gasteiger partial charge in [-0.25, -0.2) is 4.99 Å². The van der Waals surface area contributed by atoms with Gasteiger partial charge in [-0.05, 0) is 37.5 Å². The van der Waals surface area contributed by atoms with Gasteiger partial charge in [-0.3, -0.25) is 4.90 Å². The third-order valence-corrected chi connectivity index (χ3v) is 4.38. The van der Waals surface area contributed by atoms with E-state index >= 15 is 0 Å². The molecule has 1 aliphatic carbocycles. The molecule has 1 saturated carbocycles. The highest BCUT2D eigenvalue weighted by Gasteiger charge is 2.30. The van der Waals surface area contributed by atoms with Gasteiger partial charge in [0.1, 0.15) is 0 Å². The minimum Gasteiger partial charge on any atom is -0.383 e. The molecule has 27 heavy (non-hydrogen) atoms. The first-order chi connectivity index (χ1) is 12.9. The summed E-state index contributed by atoms with van der Waals surface area (Å²) in [5.41, 5.74) is 0.0939. The van der Waals surface area contributed by atoms with Crippen LogP contribution in [-0.2, 0) is 17.5 Å².